The number of anilines is 1. The number of methoxy groups -OCH3 is 1. The Morgan fingerprint density at radius 1 is 1.28 bits per heavy atom. The molecule has 1 aromatic carbocycles. The minimum Gasteiger partial charge on any atom is -0.493 e. The quantitative estimate of drug-likeness (QED) is 0.559. The van der Waals surface area contributed by atoms with E-state index in [9.17, 15) is 0 Å². The molecule has 1 fully saturated rings. The summed E-state index contributed by atoms with van der Waals surface area (Å²) in [6, 6.07) is 5.84. The highest BCUT2D eigenvalue weighted by atomic mass is 16.5. The molecule has 1 unspecified atom stereocenters. The molecule has 0 saturated carbocycles. The van der Waals surface area contributed by atoms with Crippen molar-refractivity contribution in [3.8, 4) is 11.5 Å². The number of nitrogens with zero attached hydrogens (tertiary/aromatic N) is 2. The van der Waals surface area contributed by atoms with Gasteiger partial charge in [0, 0.05) is 31.4 Å². The summed E-state index contributed by atoms with van der Waals surface area (Å²) in [5, 5.41) is 6.67. The van der Waals surface area contributed by atoms with Crippen LogP contribution in [0, 0.1) is 5.92 Å². The molecule has 2 rings (SSSR count). The summed E-state index contributed by atoms with van der Waals surface area (Å²) in [4.78, 5) is 7.25. The first-order chi connectivity index (χ1) is 12.2. The van der Waals surface area contributed by atoms with Crippen LogP contribution in [0.2, 0.25) is 0 Å². The van der Waals surface area contributed by atoms with Gasteiger partial charge in [-0.25, -0.2) is 0 Å². The smallest absolute Gasteiger partial charge is 0.195 e. The Labute approximate surface area is 151 Å². The second kappa shape index (κ2) is 10.1. The Kier molecular flexibility index (Phi) is 7.85. The van der Waals surface area contributed by atoms with E-state index in [2.05, 4.69) is 29.4 Å². The Morgan fingerprint density at radius 2 is 2.12 bits per heavy atom. The van der Waals surface area contributed by atoms with Gasteiger partial charge in [0.15, 0.2) is 17.5 Å². The van der Waals surface area contributed by atoms with Crippen LogP contribution in [0.5, 0.6) is 11.5 Å². The van der Waals surface area contributed by atoms with Crippen LogP contribution >= 0.6 is 0 Å². The van der Waals surface area contributed by atoms with E-state index in [1.807, 2.05) is 25.1 Å². The van der Waals surface area contributed by atoms with E-state index in [0.29, 0.717) is 12.5 Å². The van der Waals surface area contributed by atoms with Crippen molar-refractivity contribution in [2.45, 2.75) is 27.2 Å². The van der Waals surface area contributed by atoms with Gasteiger partial charge in [0.1, 0.15) is 0 Å². The zero-order valence-electron chi connectivity index (χ0n) is 16.0. The molecule has 0 spiro atoms. The highest BCUT2D eigenvalue weighted by molar-refractivity contribution is 5.93. The molecule has 25 heavy (non-hydrogen) atoms. The molecule has 0 aromatic heterocycles. The molecule has 140 valence electrons. The predicted molar refractivity (Wildman–Crippen MR) is 104 cm³/mol. The summed E-state index contributed by atoms with van der Waals surface area (Å²) in [7, 11) is 1.65. The van der Waals surface area contributed by atoms with Crippen molar-refractivity contribution < 1.29 is 9.47 Å². The van der Waals surface area contributed by atoms with Crippen LogP contribution < -0.4 is 20.1 Å². The summed E-state index contributed by atoms with van der Waals surface area (Å²) in [6.07, 6.45) is 1.23. The van der Waals surface area contributed by atoms with Gasteiger partial charge in [0.25, 0.3) is 0 Å². The largest absolute Gasteiger partial charge is 0.493 e. The molecule has 1 aromatic rings. The van der Waals surface area contributed by atoms with Crippen LogP contribution in [0.1, 0.15) is 27.2 Å². The van der Waals surface area contributed by atoms with Gasteiger partial charge < -0.3 is 25.0 Å². The zero-order valence-corrected chi connectivity index (χ0v) is 16.0. The van der Waals surface area contributed by atoms with Crippen molar-refractivity contribution in [1.29, 1.82) is 0 Å². The van der Waals surface area contributed by atoms with Crippen LogP contribution in [0.25, 0.3) is 0 Å². The van der Waals surface area contributed by atoms with Gasteiger partial charge in [0.2, 0.25) is 0 Å². The summed E-state index contributed by atoms with van der Waals surface area (Å²) in [5.41, 5.74) is 0.932. The van der Waals surface area contributed by atoms with Crippen molar-refractivity contribution >= 4 is 11.6 Å². The lowest BCUT2D eigenvalue weighted by Gasteiger charge is -2.15. The van der Waals surface area contributed by atoms with Gasteiger partial charge in [-0.05, 0) is 51.4 Å². The molecule has 0 radical (unpaired) electrons. The van der Waals surface area contributed by atoms with Crippen LogP contribution in [0.3, 0.4) is 0 Å². The fourth-order valence-corrected chi connectivity index (χ4v) is 3.03. The SMILES string of the molecule is CCNC(=NCC1CCN(CC)C1)Nc1ccc(OCC)c(OC)c1. The lowest BCUT2D eigenvalue weighted by molar-refractivity contribution is 0.311. The molecule has 6 nitrogen and oxygen atoms in total. The maximum Gasteiger partial charge on any atom is 0.195 e. The number of benzene rings is 1. The molecule has 0 aliphatic carbocycles. The van der Waals surface area contributed by atoms with Crippen molar-refractivity contribution in [3.05, 3.63) is 18.2 Å². The number of likely N-dealkylation sites (tertiary alicyclic amines) is 1. The maximum atomic E-state index is 5.57. The summed E-state index contributed by atoms with van der Waals surface area (Å²) in [5.74, 6) is 2.93. The van der Waals surface area contributed by atoms with Crippen molar-refractivity contribution in [2.75, 3.05) is 51.8 Å². The zero-order chi connectivity index (χ0) is 18.1. The molecule has 1 atom stereocenters. The number of aliphatic imine (C=N–C) groups is 1. The van der Waals surface area contributed by atoms with Crippen LogP contribution in [-0.2, 0) is 0 Å². The van der Waals surface area contributed by atoms with Gasteiger partial charge in [-0.3, -0.25) is 4.99 Å². The molecule has 1 saturated heterocycles. The molecule has 2 N–H and O–H groups in total. The van der Waals surface area contributed by atoms with E-state index >= 15 is 0 Å². The normalized spacial score (nSPS) is 18.2. The Morgan fingerprint density at radius 3 is 2.76 bits per heavy atom. The molecule has 1 aliphatic heterocycles. The molecule has 0 amide bonds. The van der Waals surface area contributed by atoms with Gasteiger partial charge in [-0.1, -0.05) is 6.92 Å². The number of hydrogen-bond donors (Lipinski definition) is 2. The molecule has 0 bridgehead atoms. The van der Waals surface area contributed by atoms with Gasteiger partial charge in [-0.15, -0.1) is 0 Å². The molecule has 1 aliphatic rings. The van der Waals surface area contributed by atoms with E-state index in [1.54, 1.807) is 7.11 Å². The predicted octanol–water partition coefficient (Wildman–Crippen LogP) is 2.81. The Bertz CT molecular complexity index is 562. The summed E-state index contributed by atoms with van der Waals surface area (Å²) >= 11 is 0. The number of nitrogens with one attached hydrogen (secondary N) is 2. The third-order valence-corrected chi connectivity index (χ3v) is 4.40. The van der Waals surface area contributed by atoms with Crippen LogP contribution in [0.4, 0.5) is 5.69 Å². The topological polar surface area (TPSA) is 58.1 Å². The molecule has 1 heterocycles. The van der Waals surface area contributed by atoms with Crippen molar-refractivity contribution in [1.82, 2.24) is 10.2 Å². The van der Waals surface area contributed by atoms with E-state index in [-0.39, 0.29) is 0 Å². The van der Waals surface area contributed by atoms with Crippen LogP contribution in [-0.4, -0.2) is 57.3 Å². The number of rotatable bonds is 8. The third kappa shape index (κ3) is 5.81. The fourth-order valence-electron chi connectivity index (χ4n) is 3.03. The van der Waals surface area contributed by atoms with E-state index in [0.717, 1.165) is 49.3 Å². The minimum absolute atomic E-state index is 0.614. The van der Waals surface area contributed by atoms with Gasteiger partial charge >= 0.3 is 0 Å². The van der Waals surface area contributed by atoms with Gasteiger partial charge in [-0.2, -0.15) is 0 Å². The standard InChI is InChI=1S/C19H32N4O2/c1-5-20-19(21-13-15-10-11-23(6-2)14-15)22-16-8-9-17(25-7-3)18(12-16)24-4/h8-9,12,15H,5-7,10-11,13-14H2,1-4H3,(H2,20,21,22). The summed E-state index contributed by atoms with van der Waals surface area (Å²) in [6.45, 7) is 12.0. The lowest BCUT2D eigenvalue weighted by Crippen LogP contribution is -2.31. The first kappa shape index (κ1) is 19.4. The van der Waals surface area contributed by atoms with E-state index in [1.165, 1.54) is 13.0 Å². The fraction of sp³-hybridized carbons (Fsp3) is 0.632. The van der Waals surface area contributed by atoms with E-state index < -0.39 is 0 Å². The first-order valence-corrected chi connectivity index (χ1v) is 9.28. The van der Waals surface area contributed by atoms with Crippen molar-refractivity contribution in [2.24, 2.45) is 10.9 Å². The van der Waals surface area contributed by atoms with E-state index in [4.69, 9.17) is 14.5 Å². The summed E-state index contributed by atoms with van der Waals surface area (Å²) < 4.78 is 11.0. The molecule has 6 heteroatoms. The minimum atomic E-state index is 0.614. The average molecular weight is 348 g/mol. The molecular formula is C19H32N4O2. The average Bonchev–Trinajstić information content (AvgIpc) is 3.09. The van der Waals surface area contributed by atoms with Crippen molar-refractivity contribution in [3.63, 3.8) is 0 Å². The second-order valence-electron chi connectivity index (χ2n) is 6.19. The Hall–Kier alpha value is -1.95. The second-order valence-corrected chi connectivity index (χ2v) is 6.19. The number of guanidine groups is 1. The highest BCUT2D eigenvalue weighted by Gasteiger charge is 2.20. The third-order valence-electron chi connectivity index (χ3n) is 4.40. The highest BCUT2D eigenvalue weighted by Crippen LogP contribution is 2.30. The lowest BCUT2D eigenvalue weighted by atomic mass is 10.1. The van der Waals surface area contributed by atoms with Gasteiger partial charge in [0.05, 0.1) is 13.7 Å². The number of hydrogen-bond acceptors (Lipinski definition) is 4. The molecular weight excluding hydrogens is 316 g/mol. The maximum absolute atomic E-state index is 5.57. The van der Waals surface area contributed by atoms with Crippen LogP contribution in [0.15, 0.2) is 23.2 Å². The Balaban J connectivity index is 2.01. The number of ether oxygens (including phenoxy) is 2. The monoisotopic (exact) mass is 348 g/mol. The first-order valence-electron chi connectivity index (χ1n) is 9.28.